The summed E-state index contributed by atoms with van der Waals surface area (Å²) in [7, 11) is 0. The summed E-state index contributed by atoms with van der Waals surface area (Å²) in [6, 6.07) is 13.0. The van der Waals surface area contributed by atoms with Gasteiger partial charge in [-0.3, -0.25) is 4.79 Å². The van der Waals surface area contributed by atoms with Gasteiger partial charge in [0.25, 0.3) is 0 Å². The number of benzene rings is 2. The lowest BCUT2D eigenvalue weighted by Gasteiger charge is -2.07. The van der Waals surface area contributed by atoms with Crippen molar-refractivity contribution >= 4 is 17.1 Å². The minimum atomic E-state index is -0.652. The molecule has 0 bridgehead atoms. The zero-order valence-electron chi connectivity index (χ0n) is 7.60. The second-order valence-corrected chi connectivity index (χ2v) is 3.16. The average molecular weight is 184 g/mol. The van der Waals surface area contributed by atoms with Crippen LogP contribution in [0.15, 0.2) is 42.5 Å². The van der Waals surface area contributed by atoms with E-state index in [0.29, 0.717) is 0 Å². The normalized spacial score (nSPS) is 12.6. The molecule has 2 heteroatoms. The second kappa shape index (κ2) is 3.60. The Hall–Kier alpha value is -1.67. The average Bonchev–Trinajstić information content (AvgIpc) is 2.27. The highest BCUT2D eigenvalue weighted by molar-refractivity contribution is 5.88. The molecule has 14 heavy (non-hydrogen) atoms. The molecule has 0 spiro atoms. The van der Waals surface area contributed by atoms with Crippen LogP contribution in [0.4, 0.5) is 0 Å². The quantitative estimate of drug-likeness (QED) is 0.775. The van der Waals surface area contributed by atoms with Crippen molar-refractivity contribution in [2.24, 2.45) is 5.73 Å². The number of rotatable bonds is 2. The molecule has 69 valence electrons. The molecule has 0 aliphatic carbocycles. The summed E-state index contributed by atoms with van der Waals surface area (Å²) in [5.41, 5.74) is 6.47. The molecule has 2 N–H and O–H groups in total. The smallest absolute Gasteiger partial charge is 0.221 e. The van der Waals surface area contributed by atoms with Gasteiger partial charge in [0.1, 0.15) is 0 Å². The van der Waals surface area contributed by atoms with Gasteiger partial charge in [0, 0.05) is 0 Å². The van der Waals surface area contributed by atoms with Crippen molar-refractivity contribution in [3.05, 3.63) is 48.0 Å². The molecule has 0 saturated carbocycles. The van der Waals surface area contributed by atoms with Crippen LogP contribution in [0.1, 0.15) is 11.6 Å². The van der Waals surface area contributed by atoms with Gasteiger partial charge in [-0.1, -0.05) is 42.5 Å². The van der Waals surface area contributed by atoms with Crippen molar-refractivity contribution in [1.29, 1.82) is 0 Å². The predicted molar refractivity (Wildman–Crippen MR) is 56.6 cm³/mol. The third-order valence-corrected chi connectivity index (χ3v) is 2.29. The van der Waals surface area contributed by atoms with E-state index in [9.17, 15) is 4.79 Å². The van der Waals surface area contributed by atoms with E-state index in [1.165, 1.54) is 0 Å². The molecule has 2 aromatic rings. The third kappa shape index (κ3) is 1.40. The lowest BCUT2D eigenvalue weighted by atomic mass is 10.0. The van der Waals surface area contributed by atoms with Crippen LogP contribution in [-0.2, 0) is 4.79 Å². The van der Waals surface area contributed by atoms with Gasteiger partial charge < -0.3 is 5.73 Å². The summed E-state index contributed by atoms with van der Waals surface area (Å²) in [6.07, 6.45) is 1.80. The Bertz CT molecular complexity index is 459. The Balaban J connectivity index is 2.70. The summed E-state index contributed by atoms with van der Waals surface area (Å²) in [5, 5.41) is 2.11. The predicted octanol–water partition coefficient (Wildman–Crippen LogP) is 1.95. The Morgan fingerprint density at radius 3 is 2.57 bits per heavy atom. The summed E-state index contributed by atoms with van der Waals surface area (Å²) >= 11 is 0. The van der Waals surface area contributed by atoms with Gasteiger partial charge in [0.15, 0.2) is 0 Å². The largest absolute Gasteiger partial charge is 0.317 e. The highest BCUT2D eigenvalue weighted by Gasteiger charge is 2.08. The zero-order valence-corrected chi connectivity index (χ0v) is 7.60. The summed E-state index contributed by atoms with van der Waals surface area (Å²) in [5.74, 6) is 0. The van der Waals surface area contributed by atoms with E-state index in [1.807, 2.05) is 42.5 Å². The first-order chi connectivity index (χ1) is 6.83. The topological polar surface area (TPSA) is 43.1 Å². The standard InChI is InChI=1S/C12H10NO/c13-12(8-14)11-7-3-5-9-4-1-2-6-10(9)11/h1-7,12H,13H2. The zero-order chi connectivity index (χ0) is 9.97. The van der Waals surface area contributed by atoms with Gasteiger partial charge in [0.05, 0.1) is 6.04 Å². The molecule has 0 aromatic heterocycles. The van der Waals surface area contributed by atoms with Gasteiger partial charge in [-0.2, -0.15) is 0 Å². The van der Waals surface area contributed by atoms with E-state index < -0.39 is 6.04 Å². The van der Waals surface area contributed by atoms with Gasteiger partial charge in [0.2, 0.25) is 6.29 Å². The van der Waals surface area contributed by atoms with E-state index >= 15 is 0 Å². The van der Waals surface area contributed by atoms with Crippen LogP contribution in [0.25, 0.3) is 10.8 Å². The molecule has 0 fully saturated rings. The van der Waals surface area contributed by atoms with Crippen molar-refractivity contribution in [2.45, 2.75) is 6.04 Å². The van der Waals surface area contributed by atoms with Crippen LogP contribution >= 0.6 is 0 Å². The van der Waals surface area contributed by atoms with Gasteiger partial charge in [-0.05, 0) is 16.3 Å². The van der Waals surface area contributed by atoms with Crippen LogP contribution in [0.2, 0.25) is 0 Å². The molecule has 0 aliphatic heterocycles. The van der Waals surface area contributed by atoms with Crippen molar-refractivity contribution in [3.8, 4) is 0 Å². The van der Waals surface area contributed by atoms with Crippen LogP contribution in [0.3, 0.4) is 0 Å². The van der Waals surface area contributed by atoms with Crippen LogP contribution in [0, 0.1) is 0 Å². The third-order valence-electron chi connectivity index (χ3n) is 2.29. The Kier molecular flexibility index (Phi) is 2.29. The number of hydrogen-bond donors (Lipinski definition) is 1. The maximum atomic E-state index is 10.5. The van der Waals surface area contributed by atoms with Crippen molar-refractivity contribution in [1.82, 2.24) is 0 Å². The Labute approximate surface area is 82.3 Å². The number of nitrogens with two attached hydrogens (primary N) is 1. The lowest BCUT2D eigenvalue weighted by Crippen LogP contribution is -2.11. The molecule has 0 amide bonds. The van der Waals surface area contributed by atoms with Gasteiger partial charge in [-0.15, -0.1) is 0 Å². The molecule has 0 aliphatic rings. The molecule has 1 atom stereocenters. The number of carbonyl (C=O) groups excluding carboxylic acids is 1. The van der Waals surface area contributed by atoms with Crippen molar-refractivity contribution in [3.63, 3.8) is 0 Å². The fourth-order valence-corrected chi connectivity index (χ4v) is 1.59. The van der Waals surface area contributed by atoms with E-state index in [0.717, 1.165) is 16.3 Å². The molecule has 0 saturated heterocycles. The molecule has 2 aromatic carbocycles. The van der Waals surface area contributed by atoms with Gasteiger partial charge >= 0.3 is 0 Å². The van der Waals surface area contributed by atoms with Crippen molar-refractivity contribution in [2.75, 3.05) is 0 Å². The van der Waals surface area contributed by atoms with Crippen LogP contribution < -0.4 is 5.73 Å². The molecular weight excluding hydrogens is 174 g/mol. The number of fused-ring (bicyclic) bond motifs is 1. The molecule has 2 rings (SSSR count). The summed E-state index contributed by atoms with van der Waals surface area (Å²) in [4.78, 5) is 10.5. The first-order valence-corrected chi connectivity index (χ1v) is 4.44. The number of hydrogen-bond acceptors (Lipinski definition) is 2. The van der Waals surface area contributed by atoms with Crippen molar-refractivity contribution < 1.29 is 4.79 Å². The lowest BCUT2D eigenvalue weighted by molar-refractivity contribution is 0.544. The SMILES string of the molecule is NC([C]=O)c1cccc2ccccc12. The molecule has 2 nitrogen and oxygen atoms in total. The Morgan fingerprint density at radius 1 is 1.07 bits per heavy atom. The van der Waals surface area contributed by atoms with E-state index in [2.05, 4.69) is 0 Å². The van der Waals surface area contributed by atoms with E-state index in [1.54, 1.807) is 6.29 Å². The maximum Gasteiger partial charge on any atom is 0.221 e. The molecule has 1 radical (unpaired) electrons. The van der Waals surface area contributed by atoms with Crippen LogP contribution in [-0.4, -0.2) is 6.29 Å². The molecular formula is C12H10NO. The Morgan fingerprint density at radius 2 is 1.79 bits per heavy atom. The van der Waals surface area contributed by atoms with Crippen LogP contribution in [0.5, 0.6) is 0 Å². The highest BCUT2D eigenvalue weighted by Crippen LogP contribution is 2.21. The molecule has 1 unspecified atom stereocenters. The highest BCUT2D eigenvalue weighted by atomic mass is 16.1. The minimum absolute atomic E-state index is 0.652. The first kappa shape index (κ1) is 8.91. The second-order valence-electron chi connectivity index (χ2n) is 3.16. The summed E-state index contributed by atoms with van der Waals surface area (Å²) in [6.45, 7) is 0. The van der Waals surface area contributed by atoms with E-state index in [-0.39, 0.29) is 0 Å². The van der Waals surface area contributed by atoms with E-state index in [4.69, 9.17) is 5.73 Å². The fourth-order valence-electron chi connectivity index (χ4n) is 1.59. The first-order valence-electron chi connectivity index (χ1n) is 4.44. The monoisotopic (exact) mass is 184 g/mol. The molecule has 0 heterocycles. The minimum Gasteiger partial charge on any atom is -0.317 e. The maximum absolute atomic E-state index is 10.5. The fraction of sp³-hybridized carbons (Fsp3) is 0.0833. The summed E-state index contributed by atoms with van der Waals surface area (Å²) < 4.78 is 0. The van der Waals surface area contributed by atoms with Gasteiger partial charge in [-0.25, -0.2) is 0 Å².